The van der Waals surface area contributed by atoms with E-state index in [1.165, 1.54) is 12.5 Å². The van der Waals surface area contributed by atoms with Crippen molar-refractivity contribution in [1.82, 2.24) is 0 Å². The molecular weight excluding hydrogens is 362 g/mol. The van der Waals surface area contributed by atoms with Gasteiger partial charge in [-0.15, -0.1) is 11.3 Å². The number of rotatable bonds is 8. The van der Waals surface area contributed by atoms with Gasteiger partial charge in [0, 0.05) is 27.4 Å². The lowest BCUT2D eigenvalue weighted by Gasteiger charge is -2.13. The zero-order valence-electron chi connectivity index (χ0n) is 16.1. The zero-order valence-corrected chi connectivity index (χ0v) is 16.9. The van der Waals surface area contributed by atoms with E-state index >= 15 is 0 Å². The summed E-state index contributed by atoms with van der Waals surface area (Å²) in [7, 11) is 0. The Morgan fingerprint density at radius 1 is 1.11 bits per heavy atom. The highest BCUT2D eigenvalue weighted by atomic mass is 32.1. The van der Waals surface area contributed by atoms with Gasteiger partial charge >= 0.3 is 5.97 Å². The molecule has 1 aromatic heterocycles. The lowest BCUT2D eigenvalue weighted by molar-refractivity contribution is -0.153. The first kappa shape index (κ1) is 20.8. The van der Waals surface area contributed by atoms with Crippen molar-refractivity contribution >= 4 is 34.7 Å². The Bertz CT molecular complexity index is 823. The van der Waals surface area contributed by atoms with E-state index in [1.807, 2.05) is 44.2 Å². The highest BCUT2D eigenvalue weighted by Crippen LogP contribution is 2.22. The molecule has 0 saturated heterocycles. The third-order valence-corrected chi connectivity index (χ3v) is 5.17. The van der Waals surface area contributed by atoms with Gasteiger partial charge in [-0.05, 0) is 51.0 Å². The maximum Gasteiger partial charge on any atom is 0.307 e. The second kappa shape index (κ2) is 9.46. The molecule has 1 atom stereocenters. The van der Waals surface area contributed by atoms with Gasteiger partial charge in [0.05, 0.1) is 6.42 Å². The predicted molar refractivity (Wildman–Crippen MR) is 107 cm³/mol. The van der Waals surface area contributed by atoms with Crippen LogP contribution in [0.1, 0.15) is 52.4 Å². The fourth-order valence-corrected chi connectivity index (χ4v) is 3.58. The first-order valence-corrected chi connectivity index (χ1v) is 9.81. The molecular formula is C21H25NO4S. The molecule has 1 amide bonds. The molecule has 0 bridgehead atoms. The van der Waals surface area contributed by atoms with Crippen LogP contribution in [-0.2, 0) is 20.7 Å². The maximum absolute atomic E-state index is 12.2. The van der Waals surface area contributed by atoms with Gasteiger partial charge in [-0.3, -0.25) is 14.4 Å². The normalized spacial score (nSPS) is 11.7. The molecule has 0 unspecified atom stereocenters. The number of anilines is 1. The zero-order chi connectivity index (χ0) is 20.0. The smallest absolute Gasteiger partial charge is 0.307 e. The van der Waals surface area contributed by atoms with E-state index in [4.69, 9.17) is 4.74 Å². The van der Waals surface area contributed by atoms with Crippen LogP contribution >= 0.6 is 11.3 Å². The van der Waals surface area contributed by atoms with Crippen molar-refractivity contribution in [2.75, 3.05) is 5.32 Å². The van der Waals surface area contributed by atoms with E-state index in [9.17, 15) is 14.4 Å². The number of carbonyl (C=O) groups excluding carboxylic acids is 3. The van der Waals surface area contributed by atoms with Gasteiger partial charge in [-0.25, -0.2) is 0 Å². The number of nitrogens with one attached hydrogen (secondary N) is 1. The fourth-order valence-electron chi connectivity index (χ4n) is 2.64. The van der Waals surface area contributed by atoms with E-state index in [1.54, 1.807) is 11.3 Å². The monoisotopic (exact) mass is 387 g/mol. The van der Waals surface area contributed by atoms with Crippen molar-refractivity contribution < 1.29 is 19.1 Å². The molecule has 0 fully saturated rings. The molecule has 0 aliphatic carbocycles. The van der Waals surface area contributed by atoms with Crippen LogP contribution in [0.2, 0.25) is 0 Å². The summed E-state index contributed by atoms with van der Waals surface area (Å²) in [4.78, 5) is 38.4. The van der Waals surface area contributed by atoms with Gasteiger partial charge in [0.25, 0.3) is 5.91 Å². The Hall–Kier alpha value is -2.47. The quantitative estimate of drug-likeness (QED) is 0.536. The van der Waals surface area contributed by atoms with Gasteiger partial charge in [0.1, 0.15) is 0 Å². The number of aryl methyl sites for hydroxylation is 3. The van der Waals surface area contributed by atoms with Crippen LogP contribution in [0.3, 0.4) is 0 Å². The highest BCUT2D eigenvalue weighted by molar-refractivity contribution is 7.12. The summed E-state index contributed by atoms with van der Waals surface area (Å²) in [5.74, 6) is -1.04. The van der Waals surface area contributed by atoms with Gasteiger partial charge in [-0.2, -0.15) is 0 Å². The van der Waals surface area contributed by atoms with Crippen molar-refractivity contribution in [2.24, 2.45) is 0 Å². The number of Topliss-reactive ketones (excluding diaryl/α,β-unsaturated/α-hetero) is 1. The number of carbonyl (C=O) groups is 3. The van der Waals surface area contributed by atoms with Gasteiger partial charge in [0.2, 0.25) is 0 Å². The van der Waals surface area contributed by atoms with Crippen molar-refractivity contribution in [3.05, 3.63) is 51.2 Å². The first-order valence-electron chi connectivity index (χ1n) is 8.99. The van der Waals surface area contributed by atoms with E-state index in [2.05, 4.69) is 12.2 Å². The minimum absolute atomic E-state index is 0.0457. The SMILES string of the molecule is CCc1ccc(NC(=O)[C@H](C)OC(=O)CCC(=O)c2cc(C)sc2C)cc1. The van der Waals surface area contributed by atoms with Crippen LogP contribution in [0.4, 0.5) is 5.69 Å². The van der Waals surface area contributed by atoms with Crippen LogP contribution in [0, 0.1) is 13.8 Å². The molecule has 5 nitrogen and oxygen atoms in total. The van der Waals surface area contributed by atoms with Crippen LogP contribution < -0.4 is 5.32 Å². The fraction of sp³-hybridized carbons (Fsp3) is 0.381. The predicted octanol–water partition coefficient (Wildman–Crippen LogP) is 4.46. The summed E-state index contributed by atoms with van der Waals surface area (Å²) >= 11 is 1.56. The van der Waals surface area contributed by atoms with Crippen molar-refractivity contribution in [2.45, 2.75) is 53.1 Å². The van der Waals surface area contributed by atoms with E-state index in [0.29, 0.717) is 11.3 Å². The minimum atomic E-state index is -0.927. The molecule has 2 aromatic rings. The highest BCUT2D eigenvalue weighted by Gasteiger charge is 2.19. The third kappa shape index (κ3) is 6.03. The maximum atomic E-state index is 12.2. The minimum Gasteiger partial charge on any atom is -0.453 e. The largest absolute Gasteiger partial charge is 0.453 e. The number of benzene rings is 1. The second-order valence-electron chi connectivity index (χ2n) is 6.42. The van der Waals surface area contributed by atoms with E-state index < -0.39 is 18.0 Å². The molecule has 1 N–H and O–H groups in total. The number of thiophene rings is 1. The summed E-state index contributed by atoms with van der Waals surface area (Å²) in [5, 5.41) is 2.72. The molecule has 144 valence electrons. The summed E-state index contributed by atoms with van der Waals surface area (Å²) < 4.78 is 5.15. The molecule has 2 rings (SSSR count). The number of amides is 1. The van der Waals surface area contributed by atoms with Crippen LogP contribution in [-0.4, -0.2) is 23.8 Å². The molecule has 0 aliphatic heterocycles. The molecule has 27 heavy (non-hydrogen) atoms. The van der Waals surface area contributed by atoms with Gasteiger partial charge < -0.3 is 10.1 Å². The molecule has 1 heterocycles. The lowest BCUT2D eigenvalue weighted by atomic mass is 10.1. The first-order chi connectivity index (χ1) is 12.8. The van der Waals surface area contributed by atoms with Crippen molar-refractivity contribution in [1.29, 1.82) is 0 Å². The number of esters is 1. The average molecular weight is 388 g/mol. The average Bonchev–Trinajstić information content (AvgIpc) is 2.98. The molecule has 0 radical (unpaired) electrons. The van der Waals surface area contributed by atoms with Crippen LogP contribution in [0.5, 0.6) is 0 Å². The lowest BCUT2D eigenvalue weighted by Crippen LogP contribution is -2.30. The molecule has 0 saturated carbocycles. The van der Waals surface area contributed by atoms with Crippen molar-refractivity contribution in [3.63, 3.8) is 0 Å². The van der Waals surface area contributed by atoms with Gasteiger partial charge in [0.15, 0.2) is 11.9 Å². The number of hydrogen-bond donors (Lipinski definition) is 1. The standard InChI is InChI=1S/C21H25NO4S/c1-5-16-6-8-17(9-7-16)22-21(25)14(3)26-20(24)11-10-19(23)18-12-13(2)27-15(18)4/h6-9,12,14H,5,10-11H2,1-4H3,(H,22,25)/t14-/m0/s1. The number of hydrogen-bond acceptors (Lipinski definition) is 5. The second-order valence-corrected chi connectivity index (χ2v) is 7.88. The molecule has 0 aliphatic rings. The number of ether oxygens (including phenoxy) is 1. The van der Waals surface area contributed by atoms with Gasteiger partial charge in [-0.1, -0.05) is 19.1 Å². The molecule has 6 heteroatoms. The third-order valence-electron chi connectivity index (χ3n) is 4.20. The summed E-state index contributed by atoms with van der Waals surface area (Å²) in [5.41, 5.74) is 2.48. The Labute approximate surface area is 163 Å². The van der Waals surface area contributed by atoms with Crippen molar-refractivity contribution in [3.8, 4) is 0 Å². The topological polar surface area (TPSA) is 72.5 Å². The van der Waals surface area contributed by atoms with E-state index in [0.717, 1.165) is 16.2 Å². The Kier molecular flexibility index (Phi) is 7.30. The van der Waals surface area contributed by atoms with Crippen LogP contribution in [0.25, 0.3) is 0 Å². The molecule has 1 aromatic carbocycles. The van der Waals surface area contributed by atoms with E-state index in [-0.39, 0.29) is 18.6 Å². The van der Waals surface area contributed by atoms with Crippen LogP contribution in [0.15, 0.2) is 30.3 Å². The molecule has 0 spiro atoms. The Balaban J connectivity index is 1.80. The summed E-state index contributed by atoms with van der Waals surface area (Å²) in [6, 6.07) is 9.34. The summed E-state index contributed by atoms with van der Waals surface area (Å²) in [6.45, 7) is 7.41. The Morgan fingerprint density at radius 2 is 1.78 bits per heavy atom. The Morgan fingerprint density at radius 3 is 2.33 bits per heavy atom. The summed E-state index contributed by atoms with van der Waals surface area (Å²) in [6.07, 6.45) is 0.0213. The number of ketones is 1.